The van der Waals surface area contributed by atoms with Crippen molar-refractivity contribution >= 4 is 21.8 Å². The third kappa shape index (κ3) is 4.49. The number of benzene rings is 2. The highest BCUT2D eigenvalue weighted by atomic mass is 79.9. The van der Waals surface area contributed by atoms with Gasteiger partial charge in [-0.1, -0.05) is 58.4 Å². The van der Waals surface area contributed by atoms with Crippen LogP contribution in [0.5, 0.6) is 0 Å². The van der Waals surface area contributed by atoms with Crippen LogP contribution in [0.4, 0.5) is 0 Å². The lowest BCUT2D eigenvalue weighted by molar-refractivity contribution is -0.130. The summed E-state index contributed by atoms with van der Waals surface area (Å²) in [6.07, 6.45) is 1.32. The number of hydrogen-bond donors (Lipinski definition) is 0. The van der Waals surface area contributed by atoms with Crippen LogP contribution in [0.15, 0.2) is 59.1 Å². The minimum Gasteiger partial charge on any atom is -0.341 e. The van der Waals surface area contributed by atoms with Gasteiger partial charge in [0.2, 0.25) is 5.91 Å². The van der Waals surface area contributed by atoms with E-state index >= 15 is 0 Å². The van der Waals surface area contributed by atoms with Crippen LogP contribution in [0.3, 0.4) is 0 Å². The topological polar surface area (TPSA) is 20.3 Å². The molecule has 2 aromatic carbocycles. The molecule has 104 valence electrons. The second-order valence-electron chi connectivity index (χ2n) is 4.87. The molecule has 2 aromatic rings. The number of hydrogen-bond acceptors (Lipinski definition) is 1. The highest BCUT2D eigenvalue weighted by Gasteiger charge is 2.09. The van der Waals surface area contributed by atoms with Crippen LogP contribution in [-0.2, 0) is 17.8 Å². The van der Waals surface area contributed by atoms with Crippen molar-refractivity contribution in [1.82, 2.24) is 4.90 Å². The molecule has 0 spiro atoms. The average Bonchev–Trinajstić information content (AvgIpc) is 2.46. The summed E-state index contributed by atoms with van der Waals surface area (Å²) in [5, 5.41) is 0. The van der Waals surface area contributed by atoms with E-state index in [0.717, 1.165) is 16.5 Å². The minimum absolute atomic E-state index is 0.175. The molecule has 0 unspecified atom stereocenters. The normalized spacial score (nSPS) is 10.3. The van der Waals surface area contributed by atoms with E-state index in [4.69, 9.17) is 0 Å². The van der Waals surface area contributed by atoms with Gasteiger partial charge in [0.15, 0.2) is 0 Å². The van der Waals surface area contributed by atoms with Gasteiger partial charge in [-0.2, -0.15) is 0 Å². The van der Waals surface area contributed by atoms with Gasteiger partial charge in [0, 0.05) is 24.5 Å². The van der Waals surface area contributed by atoms with Gasteiger partial charge in [0.1, 0.15) is 0 Å². The number of nitrogens with zero attached hydrogens (tertiary/aromatic N) is 1. The van der Waals surface area contributed by atoms with Crippen LogP contribution in [-0.4, -0.2) is 17.9 Å². The lowest BCUT2D eigenvalue weighted by Crippen LogP contribution is -2.26. The minimum atomic E-state index is 0.175. The summed E-state index contributed by atoms with van der Waals surface area (Å²) >= 11 is 3.45. The zero-order valence-corrected chi connectivity index (χ0v) is 13.1. The number of carbonyl (C=O) groups is 1. The van der Waals surface area contributed by atoms with Gasteiger partial charge >= 0.3 is 0 Å². The Labute approximate surface area is 128 Å². The number of rotatable bonds is 5. The molecule has 0 bridgehead atoms. The summed E-state index contributed by atoms with van der Waals surface area (Å²) in [6, 6.07) is 18.2. The Kier molecular flexibility index (Phi) is 5.36. The fraction of sp³-hybridized carbons (Fsp3) is 0.235. The summed E-state index contributed by atoms with van der Waals surface area (Å²) in [5.41, 5.74) is 2.34. The van der Waals surface area contributed by atoms with E-state index in [1.54, 1.807) is 4.90 Å². The van der Waals surface area contributed by atoms with Gasteiger partial charge in [0.25, 0.3) is 0 Å². The summed E-state index contributed by atoms with van der Waals surface area (Å²) in [6.45, 7) is 0.665. The van der Waals surface area contributed by atoms with Crippen molar-refractivity contribution < 1.29 is 4.79 Å². The molecule has 1 amide bonds. The molecule has 0 radical (unpaired) electrons. The average molecular weight is 332 g/mol. The maximum atomic E-state index is 12.1. The van der Waals surface area contributed by atoms with Crippen LogP contribution in [0.1, 0.15) is 17.5 Å². The van der Waals surface area contributed by atoms with Crippen molar-refractivity contribution in [2.75, 3.05) is 7.05 Å². The van der Waals surface area contributed by atoms with E-state index < -0.39 is 0 Å². The fourth-order valence-electron chi connectivity index (χ4n) is 2.08. The molecule has 2 nitrogen and oxygen atoms in total. The Balaban J connectivity index is 1.85. The fourth-order valence-corrected chi connectivity index (χ4v) is 2.53. The summed E-state index contributed by atoms with van der Waals surface area (Å²) in [5.74, 6) is 0.175. The lowest BCUT2D eigenvalue weighted by Gasteiger charge is -2.17. The van der Waals surface area contributed by atoms with Crippen molar-refractivity contribution in [2.45, 2.75) is 19.4 Å². The van der Waals surface area contributed by atoms with Crippen LogP contribution in [0.2, 0.25) is 0 Å². The highest BCUT2D eigenvalue weighted by Crippen LogP contribution is 2.13. The maximum Gasteiger partial charge on any atom is 0.222 e. The molecule has 0 aliphatic rings. The molecule has 3 heteroatoms. The number of carbonyl (C=O) groups excluding carboxylic acids is 1. The molecule has 0 aromatic heterocycles. The van der Waals surface area contributed by atoms with Crippen molar-refractivity contribution in [3.63, 3.8) is 0 Å². The quantitative estimate of drug-likeness (QED) is 0.809. The van der Waals surface area contributed by atoms with Crippen molar-refractivity contribution in [2.24, 2.45) is 0 Å². The first-order chi connectivity index (χ1) is 9.65. The first-order valence-electron chi connectivity index (χ1n) is 6.67. The van der Waals surface area contributed by atoms with Crippen molar-refractivity contribution in [3.05, 3.63) is 70.2 Å². The van der Waals surface area contributed by atoms with Crippen LogP contribution in [0, 0.1) is 0 Å². The Morgan fingerprint density at radius 3 is 2.45 bits per heavy atom. The van der Waals surface area contributed by atoms with Crippen molar-refractivity contribution in [1.29, 1.82) is 0 Å². The van der Waals surface area contributed by atoms with E-state index in [2.05, 4.69) is 28.1 Å². The largest absolute Gasteiger partial charge is 0.341 e. The monoisotopic (exact) mass is 331 g/mol. The van der Waals surface area contributed by atoms with Crippen molar-refractivity contribution in [3.8, 4) is 0 Å². The molecule has 0 aliphatic carbocycles. The predicted octanol–water partition coefficient (Wildman–Crippen LogP) is 4.04. The molecule has 0 atom stereocenters. The Hall–Kier alpha value is -1.61. The molecule has 0 aliphatic heterocycles. The van der Waals surface area contributed by atoms with E-state index in [0.29, 0.717) is 13.0 Å². The molecule has 0 saturated heterocycles. The van der Waals surface area contributed by atoms with E-state index in [9.17, 15) is 4.79 Å². The van der Waals surface area contributed by atoms with E-state index in [-0.39, 0.29) is 5.91 Å². The number of aryl methyl sites for hydroxylation is 1. The zero-order valence-electron chi connectivity index (χ0n) is 11.6. The Morgan fingerprint density at radius 1 is 1.05 bits per heavy atom. The second-order valence-corrected chi connectivity index (χ2v) is 5.78. The molecule has 20 heavy (non-hydrogen) atoms. The summed E-state index contributed by atoms with van der Waals surface area (Å²) < 4.78 is 1.06. The summed E-state index contributed by atoms with van der Waals surface area (Å²) in [4.78, 5) is 13.9. The standard InChI is InChI=1S/C17H18BrNO/c1-19(13-15-6-3-2-4-7-15)17(20)11-10-14-8-5-9-16(18)12-14/h2-9,12H,10-11,13H2,1H3. The van der Waals surface area contributed by atoms with Crippen LogP contribution < -0.4 is 0 Å². The molecule has 0 N–H and O–H groups in total. The maximum absolute atomic E-state index is 12.1. The number of amides is 1. The highest BCUT2D eigenvalue weighted by molar-refractivity contribution is 9.10. The molecular weight excluding hydrogens is 314 g/mol. The molecule has 2 rings (SSSR count). The van der Waals surface area contributed by atoms with Gasteiger partial charge < -0.3 is 4.90 Å². The Morgan fingerprint density at radius 2 is 1.75 bits per heavy atom. The second kappa shape index (κ2) is 7.25. The van der Waals surface area contributed by atoms with Gasteiger partial charge in [-0.3, -0.25) is 4.79 Å². The van der Waals surface area contributed by atoms with Gasteiger partial charge in [-0.25, -0.2) is 0 Å². The smallest absolute Gasteiger partial charge is 0.222 e. The number of halogens is 1. The van der Waals surface area contributed by atoms with E-state index in [1.165, 1.54) is 5.56 Å². The lowest BCUT2D eigenvalue weighted by atomic mass is 10.1. The molecule has 0 heterocycles. The van der Waals surface area contributed by atoms with E-state index in [1.807, 2.05) is 49.5 Å². The van der Waals surface area contributed by atoms with Crippen LogP contribution in [0.25, 0.3) is 0 Å². The molecular formula is C17H18BrNO. The Bertz CT molecular complexity index is 568. The SMILES string of the molecule is CN(Cc1ccccc1)C(=O)CCc1cccc(Br)c1. The summed E-state index contributed by atoms with van der Waals surface area (Å²) in [7, 11) is 1.86. The third-order valence-electron chi connectivity index (χ3n) is 3.20. The van der Waals surface area contributed by atoms with Crippen LogP contribution >= 0.6 is 15.9 Å². The first kappa shape index (κ1) is 14.8. The molecule has 0 fully saturated rings. The molecule has 0 saturated carbocycles. The van der Waals surface area contributed by atoms with Gasteiger partial charge in [-0.15, -0.1) is 0 Å². The van der Waals surface area contributed by atoms with Gasteiger partial charge in [-0.05, 0) is 29.7 Å². The van der Waals surface area contributed by atoms with Gasteiger partial charge in [0.05, 0.1) is 0 Å². The zero-order chi connectivity index (χ0) is 14.4. The predicted molar refractivity (Wildman–Crippen MR) is 85.4 cm³/mol. The third-order valence-corrected chi connectivity index (χ3v) is 3.70. The first-order valence-corrected chi connectivity index (χ1v) is 7.47.